The van der Waals surface area contributed by atoms with E-state index >= 15 is 0 Å². The molecule has 0 aromatic heterocycles. The molecular weight excluding hydrogens is 240 g/mol. The molecule has 2 rings (SSSR count). The van der Waals surface area contributed by atoms with Crippen LogP contribution < -0.4 is 10.6 Å². The number of carbonyl (C=O) groups is 1. The second kappa shape index (κ2) is 4.03. The predicted octanol–water partition coefficient (Wildman–Crippen LogP) is 0.203. The maximum Gasteiger partial charge on any atom is 0.231 e. The van der Waals surface area contributed by atoms with Crippen molar-refractivity contribution < 1.29 is 13.2 Å². The monoisotopic (exact) mass is 254 g/mol. The molecule has 0 atom stereocenters. The molecule has 1 aromatic carbocycles. The number of hydrogen-bond acceptors (Lipinski definition) is 4. The van der Waals surface area contributed by atoms with Gasteiger partial charge in [0.25, 0.3) is 0 Å². The summed E-state index contributed by atoms with van der Waals surface area (Å²) in [5, 5.41) is 0. The van der Waals surface area contributed by atoms with E-state index in [9.17, 15) is 13.2 Å². The molecular formula is C11H14N2O3S. The zero-order valence-electron chi connectivity index (χ0n) is 9.51. The van der Waals surface area contributed by atoms with Crippen LogP contribution in [0.15, 0.2) is 18.2 Å². The molecule has 6 heteroatoms. The lowest BCUT2D eigenvalue weighted by Crippen LogP contribution is -2.31. The third-order valence-electron chi connectivity index (χ3n) is 2.72. The molecule has 17 heavy (non-hydrogen) atoms. The summed E-state index contributed by atoms with van der Waals surface area (Å²) in [5.74, 6) is -0.100. The minimum absolute atomic E-state index is 0.0252. The number of nitrogens with two attached hydrogens (primary N) is 1. The minimum Gasteiger partial charge on any atom is -0.399 e. The van der Waals surface area contributed by atoms with Crippen LogP contribution in [0.4, 0.5) is 11.4 Å². The molecule has 0 spiro atoms. The van der Waals surface area contributed by atoms with E-state index in [2.05, 4.69) is 0 Å². The van der Waals surface area contributed by atoms with Crippen LogP contribution >= 0.6 is 0 Å². The summed E-state index contributed by atoms with van der Waals surface area (Å²) in [6, 6.07) is 5.23. The lowest BCUT2D eigenvalue weighted by molar-refractivity contribution is -0.117. The molecule has 0 bridgehead atoms. The number of benzene rings is 1. The van der Waals surface area contributed by atoms with E-state index in [1.165, 1.54) is 4.90 Å². The molecule has 1 aromatic rings. The van der Waals surface area contributed by atoms with E-state index in [0.717, 1.165) is 17.5 Å². The maximum atomic E-state index is 11.7. The first-order valence-corrected chi connectivity index (χ1v) is 7.29. The number of sulfone groups is 1. The Bertz CT molecular complexity index is 566. The molecule has 0 saturated carbocycles. The largest absolute Gasteiger partial charge is 0.399 e. The zero-order valence-corrected chi connectivity index (χ0v) is 10.3. The summed E-state index contributed by atoms with van der Waals surface area (Å²) in [6.45, 7) is 0.203. The lowest BCUT2D eigenvalue weighted by Gasteiger charge is -2.16. The Morgan fingerprint density at radius 1 is 1.41 bits per heavy atom. The van der Waals surface area contributed by atoms with E-state index in [4.69, 9.17) is 5.73 Å². The van der Waals surface area contributed by atoms with Gasteiger partial charge in [-0.3, -0.25) is 4.79 Å². The first kappa shape index (κ1) is 11.9. The number of carbonyl (C=O) groups excluding carboxylic acids is 1. The number of hydrogen-bond donors (Lipinski definition) is 1. The highest BCUT2D eigenvalue weighted by atomic mass is 32.2. The number of nitrogens with zero attached hydrogens (tertiary/aromatic N) is 1. The fourth-order valence-electron chi connectivity index (χ4n) is 1.91. The van der Waals surface area contributed by atoms with Crippen LogP contribution in [0.3, 0.4) is 0 Å². The number of rotatable bonds is 3. The Hall–Kier alpha value is -1.56. The third-order valence-corrected chi connectivity index (χ3v) is 3.65. The van der Waals surface area contributed by atoms with Gasteiger partial charge in [-0.1, -0.05) is 0 Å². The zero-order chi connectivity index (χ0) is 12.6. The first-order valence-electron chi connectivity index (χ1n) is 5.23. The Balaban J connectivity index is 2.23. The second-order valence-electron chi connectivity index (χ2n) is 4.24. The Kier molecular flexibility index (Phi) is 2.82. The molecule has 0 fully saturated rings. The van der Waals surface area contributed by atoms with Crippen molar-refractivity contribution in [1.82, 2.24) is 0 Å². The summed E-state index contributed by atoms with van der Waals surface area (Å²) >= 11 is 0. The highest BCUT2D eigenvalue weighted by Crippen LogP contribution is 2.30. The SMILES string of the molecule is CS(=O)(=O)CCN1C(=O)Cc2cc(N)ccc21. The third kappa shape index (κ3) is 2.58. The minimum atomic E-state index is -3.06. The second-order valence-corrected chi connectivity index (χ2v) is 6.50. The average molecular weight is 254 g/mol. The van der Waals surface area contributed by atoms with Crippen LogP contribution in [0.25, 0.3) is 0 Å². The summed E-state index contributed by atoms with van der Waals surface area (Å²) in [6.07, 6.45) is 1.46. The van der Waals surface area contributed by atoms with Crippen LogP contribution in [0.5, 0.6) is 0 Å². The number of fused-ring (bicyclic) bond motifs is 1. The van der Waals surface area contributed by atoms with Crippen molar-refractivity contribution in [2.24, 2.45) is 0 Å². The summed E-state index contributed by atoms with van der Waals surface area (Å²) in [7, 11) is -3.06. The van der Waals surface area contributed by atoms with Gasteiger partial charge in [-0.25, -0.2) is 8.42 Å². The highest BCUT2D eigenvalue weighted by Gasteiger charge is 2.27. The quantitative estimate of drug-likeness (QED) is 0.781. The van der Waals surface area contributed by atoms with Gasteiger partial charge >= 0.3 is 0 Å². The summed E-state index contributed by atoms with van der Waals surface area (Å²) in [4.78, 5) is 13.3. The predicted molar refractivity (Wildman–Crippen MR) is 66.6 cm³/mol. The lowest BCUT2D eigenvalue weighted by atomic mass is 10.1. The van der Waals surface area contributed by atoms with Gasteiger partial charge in [-0.15, -0.1) is 0 Å². The van der Waals surface area contributed by atoms with E-state index in [1.54, 1.807) is 18.2 Å². The van der Waals surface area contributed by atoms with Crippen molar-refractivity contribution in [2.45, 2.75) is 6.42 Å². The van der Waals surface area contributed by atoms with E-state index < -0.39 is 9.84 Å². The maximum absolute atomic E-state index is 11.7. The van der Waals surface area contributed by atoms with E-state index in [1.807, 2.05) is 0 Å². The van der Waals surface area contributed by atoms with Gasteiger partial charge in [-0.2, -0.15) is 0 Å². The molecule has 5 nitrogen and oxygen atoms in total. The van der Waals surface area contributed by atoms with Crippen LogP contribution in [0, 0.1) is 0 Å². The van der Waals surface area contributed by atoms with Crippen molar-refractivity contribution in [2.75, 3.05) is 29.2 Å². The van der Waals surface area contributed by atoms with E-state index in [0.29, 0.717) is 12.1 Å². The smallest absolute Gasteiger partial charge is 0.231 e. The molecule has 0 unspecified atom stereocenters. The first-order chi connectivity index (χ1) is 7.87. The van der Waals surface area contributed by atoms with Crippen molar-refractivity contribution >= 4 is 27.1 Å². The highest BCUT2D eigenvalue weighted by molar-refractivity contribution is 7.90. The average Bonchev–Trinajstić information content (AvgIpc) is 2.48. The Labute approximate surface area is 100 Å². The van der Waals surface area contributed by atoms with Gasteiger partial charge in [0.05, 0.1) is 12.2 Å². The summed E-state index contributed by atoms with van der Waals surface area (Å²) in [5.41, 5.74) is 7.89. The van der Waals surface area contributed by atoms with Crippen molar-refractivity contribution in [1.29, 1.82) is 0 Å². The molecule has 0 radical (unpaired) electrons. The number of nitrogen functional groups attached to an aromatic ring is 1. The molecule has 1 heterocycles. The summed E-state index contributed by atoms with van der Waals surface area (Å²) < 4.78 is 22.2. The van der Waals surface area contributed by atoms with Gasteiger partial charge in [-0.05, 0) is 23.8 Å². The molecule has 92 valence electrons. The molecule has 1 aliphatic heterocycles. The fourth-order valence-corrected chi connectivity index (χ4v) is 2.42. The van der Waals surface area contributed by atoms with Gasteiger partial charge in [0.15, 0.2) is 0 Å². The van der Waals surface area contributed by atoms with Crippen molar-refractivity contribution in [3.63, 3.8) is 0 Å². The van der Waals surface area contributed by atoms with Crippen LogP contribution in [0.2, 0.25) is 0 Å². The van der Waals surface area contributed by atoms with Crippen molar-refractivity contribution in [3.05, 3.63) is 23.8 Å². The molecule has 2 N–H and O–H groups in total. The van der Waals surface area contributed by atoms with Crippen LogP contribution in [-0.4, -0.2) is 32.9 Å². The van der Waals surface area contributed by atoms with Gasteiger partial charge in [0.2, 0.25) is 5.91 Å². The molecule has 0 saturated heterocycles. The van der Waals surface area contributed by atoms with Gasteiger partial charge < -0.3 is 10.6 Å². The van der Waals surface area contributed by atoms with Gasteiger partial charge in [0.1, 0.15) is 9.84 Å². The standard InChI is InChI=1S/C11H14N2O3S/c1-17(15,16)5-4-13-10-3-2-9(12)6-8(10)7-11(13)14/h2-3,6H,4-5,7,12H2,1H3. The Morgan fingerprint density at radius 3 is 2.76 bits per heavy atom. The molecule has 1 aliphatic rings. The Morgan fingerprint density at radius 2 is 2.12 bits per heavy atom. The number of amides is 1. The fraction of sp³-hybridized carbons (Fsp3) is 0.364. The molecule has 1 amide bonds. The van der Waals surface area contributed by atoms with Gasteiger partial charge in [0, 0.05) is 24.2 Å². The normalized spacial score (nSPS) is 15.1. The molecule has 0 aliphatic carbocycles. The van der Waals surface area contributed by atoms with Crippen LogP contribution in [0.1, 0.15) is 5.56 Å². The van der Waals surface area contributed by atoms with E-state index in [-0.39, 0.29) is 18.2 Å². The van der Waals surface area contributed by atoms with Crippen molar-refractivity contribution in [3.8, 4) is 0 Å². The van der Waals surface area contributed by atoms with Crippen LogP contribution in [-0.2, 0) is 21.1 Å². The number of anilines is 2. The topological polar surface area (TPSA) is 80.5 Å².